The third-order valence-electron chi connectivity index (χ3n) is 1.90. The van der Waals surface area contributed by atoms with Gasteiger partial charge in [0, 0.05) is 17.3 Å². The van der Waals surface area contributed by atoms with Crippen molar-refractivity contribution in [2.24, 2.45) is 5.73 Å². The largest absolute Gasteiger partial charge is 0.398 e. The molecule has 14 heavy (non-hydrogen) atoms. The monoisotopic (exact) mass is 200 g/mol. The van der Waals surface area contributed by atoms with E-state index in [0.717, 1.165) is 12.1 Å². The van der Waals surface area contributed by atoms with Crippen molar-refractivity contribution in [2.75, 3.05) is 5.73 Å². The molecule has 0 spiro atoms. The fourth-order valence-corrected chi connectivity index (χ4v) is 1.07. The van der Waals surface area contributed by atoms with E-state index < -0.39 is 17.7 Å². The Morgan fingerprint density at radius 3 is 2.36 bits per heavy atom. The van der Waals surface area contributed by atoms with Crippen LogP contribution in [0, 0.1) is 11.6 Å². The van der Waals surface area contributed by atoms with E-state index in [1.165, 1.54) is 6.92 Å². The van der Waals surface area contributed by atoms with E-state index in [1.807, 2.05) is 0 Å². The van der Waals surface area contributed by atoms with E-state index >= 15 is 0 Å². The quantitative estimate of drug-likeness (QED) is 0.703. The molecule has 1 aromatic rings. The summed E-state index contributed by atoms with van der Waals surface area (Å²) in [5, 5.41) is 0. The van der Waals surface area contributed by atoms with Crippen molar-refractivity contribution in [3.63, 3.8) is 0 Å². The lowest BCUT2D eigenvalue weighted by Crippen LogP contribution is -2.20. The second-order valence-electron chi connectivity index (χ2n) is 2.98. The minimum atomic E-state index is -1.06. The van der Waals surface area contributed by atoms with Crippen LogP contribution in [0.25, 0.3) is 0 Å². The molecular formula is C9H10F2N2O. The summed E-state index contributed by atoms with van der Waals surface area (Å²) in [5.74, 6) is -2.48. The molecule has 0 aromatic heterocycles. The molecule has 0 amide bonds. The highest BCUT2D eigenvalue weighted by Gasteiger charge is 2.16. The van der Waals surface area contributed by atoms with Crippen LogP contribution < -0.4 is 11.5 Å². The minimum absolute atomic E-state index is 0.0217. The van der Waals surface area contributed by atoms with E-state index in [-0.39, 0.29) is 17.0 Å². The van der Waals surface area contributed by atoms with Crippen LogP contribution in [0.4, 0.5) is 14.5 Å². The first-order valence-electron chi connectivity index (χ1n) is 3.94. The Bertz CT molecular complexity index is 379. The lowest BCUT2D eigenvalue weighted by atomic mass is 10.0. The Balaban J connectivity index is 3.22. The van der Waals surface area contributed by atoms with Crippen molar-refractivity contribution in [1.82, 2.24) is 0 Å². The number of rotatable bonds is 2. The zero-order valence-corrected chi connectivity index (χ0v) is 7.55. The molecule has 5 heteroatoms. The van der Waals surface area contributed by atoms with Crippen LogP contribution in [0.2, 0.25) is 0 Å². The van der Waals surface area contributed by atoms with Crippen molar-refractivity contribution in [3.05, 3.63) is 29.3 Å². The SMILES string of the molecule is CC(=O)C(N)c1cc(F)c(F)cc1N. The van der Waals surface area contributed by atoms with Crippen LogP contribution in [-0.4, -0.2) is 5.78 Å². The molecule has 76 valence electrons. The molecule has 4 N–H and O–H groups in total. The molecule has 0 aliphatic heterocycles. The first-order chi connectivity index (χ1) is 6.43. The van der Waals surface area contributed by atoms with Crippen molar-refractivity contribution in [2.45, 2.75) is 13.0 Å². The fourth-order valence-electron chi connectivity index (χ4n) is 1.07. The van der Waals surface area contributed by atoms with Crippen LogP contribution in [0.5, 0.6) is 0 Å². The number of carbonyl (C=O) groups is 1. The number of anilines is 1. The number of ketones is 1. The van der Waals surface area contributed by atoms with E-state index in [0.29, 0.717) is 0 Å². The summed E-state index contributed by atoms with van der Waals surface area (Å²) in [6, 6.07) is 0.648. The van der Waals surface area contributed by atoms with E-state index in [4.69, 9.17) is 11.5 Å². The summed E-state index contributed by atoms with van der Waals surface area (Å²) < 4.78 is 25.4. The highest BCUT2D eigenvalue weighted by molar-refractivity contribution is 5.84. The number of carbonyl (C=O) groups excluding carboxylic acids is 1. The summed E-state index contributed by atoms with van der Waals surface area (Å²) in [6.45, 7) is 1.26. The highest BCUT2D eigenvalue weighted by atomic mass is 19.2. The van der Waals surface area contributed by atoms with E-state index in [1.54, 1.807) is 0 Å². The van der Waals surface area contributed by atoms with Crippen molar-refractivity contribution >= 4 is 11.5 Å². The van der Waals surface area contributed by atoms with Gasteiger partial charge >= 0.3 is 0 Å². The maximum absolute atomic E-state index is 12.8. The predicted molar refractivity (Wildman–Crippen MR) is 48.4 cm³/mol. The predicted octanol–water partition coefficient (Wildman–Crippen LogP) is 1.14. The topological polar surface area (TPSA) is 69.1 Å². The molecule has 0 saturated carbocycles. The Hall–Kier alpha value is -1.49. The van der Waals surface area contributed by atoms with Gasteiger partial charge in [0.25, 0.3) is 0 Å². The van der Waals surface area contributed by atoms with Crippen LogP contribution in [-0.2, 0) is 4.79 Å². The fraction of sp³-hybridized carbons (Fsp3) is 0.222. The molecule has 3 nitrogen and oxygen atoms in total. The number of nitrogens with two attached hydrogens (primary N) is 2. The van der Waals surface area contributed by atoms with Crippen LogP contribution in [0.3, 0.4) is 0 Å². The van der Waals surface area contributed by atoms with Gasteiger partial charge in [-0.2, -0.15) is 0 Å². The smallest absolute Gasteiger partial charge is 0.160 e. The van der Waals surface area contributed by atoms with Gasteiger partial charge in [-0.25, -0.2) is 8.78 Å². The van der Waals surface area contributed by atoms with Gasteiger partial charge in [-0.1, -0.05) is 0 Å². The molecule has 1 aromatic carbocycles. The number of benzene rings is 1. The Kier molecular flexibility index (Phi) is 2.81. The van der Waals surface area contributed by atoms with Gasteiger partial charge in [0.2, 0.25) is 0 Å². The van der Waals surface area contributed by atoms with Crippen molar-refractivity contribution in [3.8, 4) is 0 Å². The lowest BCUT2D eigenvalue weighted by Gasteiger charge is -2.11. The number of hydrogen-bond acceptors (Lipinski definition) is 3. The zero-order chi connectivity index (χ0) is 10.9. The molecule has 0 saturated heterocycles. The number of halogens is 2. The van der Waals surface area contributed by atoms with Gasteiger partial charge in [-0.3, -0.25) is 4.79 Å². The van der Waals surface area contributed by atoms with Crippen molar-refractivity contribution in [1.29, 1.82) is 0 Å². The second kappa shape index (κ2) is 3.71. The number of hydrogen-bond donors (Lipinski definition) is 2. The average Bonchev–Trinajstić information content (AvgIpc) is 2.10. The summed E-state index contributed by atoms with van der Waals surface area (Å²) >= 11 is 0. The third kappa shape index (κ3) is 1.88. The highest BCUT2D eigenvalue weighted by Crippen LogP contribution is 2.22. The zero-order valence-electron chi connectivity index (χ0n) is 7.55. The lowest BCUT2D eigenvalue weighted by molar-refractivity contribution is -0.118. The van der Waals surface area contributed by atoms with Gasteiger partial charge in [0.05, 0.1) is 6.04 Å². The summed E-state index contributed by atoms with van der Waals surface area (Å²) in [5.41, 5.74) is 10.9. The third-order valence-corrected chi connectivity index (χ3v) is 1.90. The van der Waals surface area contributed by atoms with Gasteiger partial charge < -0.3 is 11.5 Å². The average molecular weight is 200 g/mol. The number of Topliss-reactive ketones (excluding diaryl/α,β-unsaturated/α-hetero) is 1. The van der Waals surface area contributed by atoms with Gasteiger partial charge in [-0.05, 0) is 13.0 Å². The Morgan fingerprint density at radius 1 is 1.36 bits per heavy atom. The summed E-state index contributed by atoms with van der Waals surface area (Å²) in [4.78, 5) is 10.9. The van der Waals surface area contributed by atoms with E-state index in [9.17, 15) is 13.6 Å². The molecule has 1 atom stereocenters. The molecule has 0 aliphatic carbocycles. The maximum Gasteiger partial charge on any atom is 0.160 e. The second-order valence-corrected chi connectivity index (χ2v) is 2.98. The Morgan fingerprint density at radius 2 is 1.86 bits per heavy atom. The van der Waals surface area contributed by atoms with Crippen LogP contribution >= 0.6 is 0 Å². The molecule has 0 radical (unpaired) electrons. The molecule has 0 bridgehead atoms. The molecule has 1 rings (SSSR count). The van der Waals surface area contributed by atoms with Crippen LogP contribution in [0.1, 0.15) is 18.5 Å². The summed E-state index contributed by atoms with van der Waals surface area (Å²) in [6.07, 6.45) is 0. The molecule has 0 heterocycles. The molecule has 0 fully saturated rings. The minimum Gasteiger partial charge on any atom is -0.398 e. The molecular weight excluding hydrogens is 190 g/mol. The molecule has 1 unspecified atom stereocenters. The van der Waals surface area contributed by atoms with Crippen molar-refractivity contribution < 1.29 is 13.6 Å². The van der Waals surface area contributed by atoms with E-state index in [2.05, 4.69) is 0 Å². The maximum atomic E-state index is 12.8. The first kappa shape index (κ1) is 10.6. The van der Waals surface area contributed by atoms with Gasteiger partial charge in [0.1, 0.15) is 0 Å². The Labute approximate surface area is 79.7 Å². The van der Waals surface area contributed by atoms with Gasteiger partial charge in [-0.15, -0.1) is 0 Å². The first-order valence-corrected chi connectivity index (χ1v) is 3.94. The normalized spacial score (nSPS) is 12.6. The molecule has 0 aliphatic rings. The van der Waals surface area contributed by atoms with Crippen LogP contribution in [0.15, 0.2) is 12.1 Å². The number of nitrogen functional groups attached to an aromatic ring is 1. The summed E-state index contributed by atoms with van der Waals surface area (Å²) in [7, 11) is 0. The standard InChI is InChI=1S/C9H10F2N2O/c1-4(14)9(13)5-2-6(10)7(11)3-8(5)12/h2-3,9H,12-13H2,1H3. The van der Waals surface area contributed by atoms with Gasteiger partial charge in [0.15, 0.2) is 17.4 Å².